The van der Waals surface area contributed by atoms with Gasteiger partial charge < -0.3 is 10.1 Å². The van der Waals surface area contributed by atoms with E-state index in [9.17, 15) is 9.59 Å². The van der Waals surface area contributed by atoms with Gasteiger partial charge in [-0.1, -0.05) is 84.6 Å². The van der Waals surface area contributed by atoms with E-state index in [-0.39, 0.29) is 23.3 Å². The zero-order chi connectivity index (χ0) is 26.2. The van der Waals surface area contributed by atoms with Crippen molar-refractivity contribution < 1.29 is 9.53 Å². The molecule has 196 valence electrons. The summed E-state index contributed by atoms with van der Waals surface area (Å²) in [5.41, 5.74) is 2.62. The molecule has 8 heteroatoms. The summed E-state index contributed by atoms with van der Waals surface area (Å²) in [4.78, 5) is 33.7. The Morgan fingerprint density at radius 1 is 0.895 bits per heavy atom. The monoisotopic (exact) mass is 528 g/mol. The third-order valence-electron chi connectivity index (χ3n) is 6.69. The van der Waals surface area contributed by atoms with Gasteiger partial charge in [-0.25, -0.2) is 4.98 Å². The van der Waals surface area contributed by atoms with E-state index < -0.39 is 0 Å². The first-order valence-corrected chi connectivity index (χ1v) is 14.0. The molecular weight excluding hydrogens is 496 g/mol. The van der Waals surface area contributed by atoms with E-state index in [2.05, 4.69) is 10.2 Å². The molecule has 0 radical (unpaired) electrons. The number of nitrogens with one attached hydrogen (secondary N) is 1. The van der Waals surface area contributed by atoms with Gasteiger partial charge in [-0.2, -0.15) is 0 Å². The number of amides is 1. The lowest BCUT2D eigenvalue weighted by atomic mass is 9.99. The standard InChI is InChI=1S/C30H32N4O3S/c35-27(32-28(23-10-3-1-4-11-23)24-12-5-2-6-13-24)22-38-30-31-26-15-8-7-14-25(26)29(36)34(30)17-9-16-33-18-20-37-21-19-33/h1-8,10-15,28H,9,16-22H2,(H,32,35). The first-order valence-electron chi connectivity index (χ1n) is 13.0. The SMILES string of the molecule is O=C(CSc1nc2ccccc2c(=O)n1CCCN1CCOCC1)NC(c1ccccc1)c1ccccc1. The third kappa shape index (κ3) is 6.51. The van der Waals surface area contributed by atoms with Gasteiger partial charge in [0, 0.05) is 26.2 Å². The zero-order valence-corrected chi connectivity index (χ0v) is 22.1. The Morgan fingerprint density at radius 2 is 1.53 bits per heavy atom. The van der Waals surface area contributed by atoms with Crippen molar-refractivity contribution in [3.63, 3.8) is 0 Å². The number of thioether (sulfide) groups is 1. The predicted octanol–water partition coefficient (Wildman–Crippen LogP) is 4.12. The van der Waals surface area contributed by atoms with Crippen LogP contribution in [0.4, 0.5) is 0 Å². The van der Waals surface area contributed by atoms with E-state index in [0.29, 0.717) is 22.6 Å². The molecule has 7 nitrogen and oxygen atoms in total. The molecule has 38 heavy (non-hydrogen) atoms. The molecule has 0 spiro atoms. The Kier molecular flexibility index (Phi) is 8.86. The van der Waals surface area contributed by atoms with Crippen LogP contribution in [0.5, 0.6) is 0 Å². The van der Waals surface area contributed by atoms with Crippen LogP contribution in [0.2, 0.25) is 0 Å². The molecule has 3 aromatic carbocycles. The topological polar surface area (TPSA) is 76.5 Å². The van der Waals surface area contributed by atoms with E-state index in [1.807, 2.05) is 84.9 Å². The number of carbonyl (C=O) groups is 1. The predicted molar refractivity (Wildman–Crippen MR) is 151 cm³/mol. The van der Waals surface area contributed by atoms with E-state index >= 15 is 0 Å². The van der Waals surface area contributed by atoms with Crippen molar-refractivity contribution in [1.29, 1.82) is 0 Å². The van der Waals surface area contributed by atoms with Crippen LogP contribution in [0.15, 0.2) is 94.9 Å². The Labute approximate surface area is 226 Å². The van der Waals surface area contributed by atoms with Gasteiger partial charge in [0.15, 0.2) is 5.16 Å². The molecule has 5 rings (SSSR count). The highest BCUT2D eigenvalue weighted by atomic mass is 32.2. The number of morpholine rings is 1. The first-order chi connectivity index (χ1) is 18.7. The third-order valence-corrected chi connectivity index (χ3v) is 7.67. The molecule has 0 aliphatic carbocycles. The van der Waals surface area contributed by atoms with Gasteiger partial charge in [0.05, 0.1) is 35.9 Å². The molecule has 0 unspecified atom stereocenters. The van der Waals surface area contributed by atoms with Crippen molar-refractivity contribution in [2.75, 3.05) is 38.6 Å². The summed E-state index contributed by atoms with van der Waals surface area (Å²) in [5, 5.41) is 4.35. The highest BCUT2D eigenvalue weighted by Crippen LogP contribution is 2.23. The maximum atomic E-state index is 13.4. The van der Waals surface area contributed by atoms with E-state index in [0.717, 1.165) is 50.4 Å². The maximum Gasteiger partial charge on any atom is 0.262 e. The second-order valence-electron chi connectivity index (χ2n) is 9.29. The Bertz CT molecular complexity index is 1370. The fraction of sp³-hybridized carbons (Fsp3) is 0.300. The van der Waals surface area contributed by atoms with Gasteiger partial charge in [0.2, 0.25) is 5.91 Å². The van der Waals surface area contributed by atoms with Crippen molar-refractivity contribution >= 4 is 28.6 Å². The van der Waals surface area contributed by atoms with Crippen molar-refractivity contribution in [3.05, 3.63) is 106 Å². The number of rotatable bonds is 10. The zero-order valence-electron chi connectivity index (χ0n) is 21.3. The summed E-state index contributed by atoms with van der Waals surface area (Å²) in [6.07, 6.45) is 0.823. The maximum absolute atomic E-state index is 13.4. The van der Waals surface area contributed by atoms with Crippen LogP contribution in [0.25, 0.3) is 10.9 Å². The number of para-hydroxylation sites is 1. The van der Waals surface area contributed by atoms with Gasteiger partial charge in [0.1, 0.15) is 0 Å². The van der Waals surface area contributed by atoms with Crippen molar-refractivity contribution in [3.8, 4) is 0 Å². The lowest BCUT2D eigenvalue weighted by Crippen LogP contribution is -2.37. The summed E-state index contributed by atoms with van der Waals surface area (Å²) in [7, 11) is 0. The highest BCUT2D eigenvalue weighted by molar-refractivity contribution is 7.99. The number of carbonyl (C=O) groups excluding carboxylic acids is 1. The molecule has 0 bridgehead atoms. The Balaban J connectivity index is 1.32. The minimum absolute atomic E-state index is 0.0630. The number of ether oxygens (including phenoxy) is 1. The molecule has 1 aliphatic heterocycles. The van der Waals surface area contributed by atoms with Gasteiger partial charge in [-0.3, -0.25) is 19.1 Å². The summed E-state index contributed by atoms with van der Waals surface area (Å²) >= 11 is 1.31. The van der Waals surface area contributed by atoms with Gasteiger partial charge in [-0.15, -0.1) is 0 Å². The van der Waals surface area contributed by atoms with Gasteiger partial charge in [0.25, 0.3) is 5.56 Å². The van der Waals surface area contributed by atoms with Crippen LogP contribution in [0.3, 0.4) is 0 Å². The minimum atomic E-state index is -0.259. The number of nitrogens with zero attached hydrogens (tertiary/aromatic N) is 3. The number of fused-ring (bicyclic) bond motifs is 1. The molecule has 0 saturated carbocycles. The van der Waals surface area contributed by atoms with Crippen LogP contribution in [0, 0.1) is 0 Å². The summed E-state index contributed by atoms with van der Waals surface area (Å²) in [6, 6.07) is 27.0. The van der Waals surface area contributed by atoms with E-state index in [1.54, 1.807) is 4.57 Å². The number of hydrogen-bond donors (Lipinski definition) is 1. The largest absolute Gasteiger partial charge is 0.379 e. The average Bonchev–Trinajstić information content (AvgIpc) is 2.97. The van der Waals surface area contributed by atoms with Crippen LogP contribution in [-0.4, -0.2) is 59.0 Å². The fourth-order valence-corrected chi connectivity index (χ4v) is 5.55. The van der Waals surface area contributed by atoms with Crippen molar-refractivity contribution in [2.45, 2.75) is 24.2 Å². The number of aromatic nitrogens is 2. The summed E-state index contributed by atoms with van der Waals surface area (Å²) < 4.78 is 7.17. The van der Waals surface area contributed by atoms with Crippen LogP contribution in [-0.2, 0) is 16.1 Å². The molecule has 4 aromatic rings. The average molecular weight is 529 g/mol. The molecule has 0 atom stereocenters. The van der Waals surface area contributed by atoms with Crippen LogP contribution < -0.4 is 10.9 Å². The second-order valence-corrected chi connectivity index (χ2v) is 10.2. The lowest BCUT2D eigenvalue weighted by molar-refractivity contribution is -0.119. The Hall–Kier alpha value is -3.46. The second kappa shape index (κ2) is 12.9. The van der Waals surface area contributed by atoms with Gasteiger partial charge in [-0.05, 0) is 29.7 Å². The molecule has 2 heterocycles. The van der Waals surface area contributed by atoms with Crippen molar-refractivity contribution in [2.24, 2.45) is 0 Å². The summed E-state index contributed by atoms with van der Waals surface area (Å²) in [6.45, 7) is 4.77. The molecule has 1 aliphatic rings. The lowest BCUT2D eigenvalue weighted by Gasteiger charge is -2.26. The molecule has 1 N–H and O–H groups in total. The van der Waals surface area contributed by atoms with Crippen LogP contribution >= 0.6 is 11.8 Å². The molecule has 1 saturated heterocycles. The molecular formula is C30H32N4O3S. The molecule has 1 amide bonds. The van der Waals surface area contributed by atoms with Gasteiger partial charge >= 0.3 is 0 Å². The molecule has 1 aromatic heterocycles. The highest BCUT2D eigenvalue weighted by Gasteiger charge is 2.19. The Morgan fingerprint density at radius 3 is 2.21 bits per heavy atom. The van der Waals surface area contributed by atoms with Crippen LogP contribution in [0.1, 0.15) is 23.6 Å². The van der Waals surface area contributed by atoms with Crippen molar-refractivity contribution in [1.82, 2.24) is 19.8 Å². The smallest absolute Gasteiger partial charge is 0.262 e. The number of hydrogen-bond acceptors (Lipinski definition) is 6. The van der Waals surface area contributed by atoms with E-state index in [1.165, 1.54) is 11.8 Å². The number of benzene rings is 3. The first kappa shape index (κ1) is 26.2. The summed E-state index contributed by atoms with van der Waals surface area (Å²) in [5.74, 6) is 0.0414. The fourth-order valence-electron chi connectivity index (χ4n) is 4.72. The molecule has 1 fully saturated rings. The normalized spacial score (nSPS) is 14.1. The quantitative estimate of drug-likeness (QED) is 0.247. The van der Waals surface area contributed by atoms with E-state index in [4.69, 9.17) is 9.72 Å². The minimum Gasteiger partial charge on any atom is -0.379 e.